The van der Waals surface area contributed by atoms with Gasteiger partial charge < -0.3 is 4.98 Å². The topological polar surface area (TPSA) is 72.7 Å². The van der Waals surface area contributed by atoms with Gasteiger partial charge in [-0.25, -0.2) is 9.78 Å². The van der Waals surface area contributed by atoms with E-state index in [-0.39, 0.29) is 31.0 Å². The van der Waals surface area contributed by atoms with Gasteiger partial charge in [0.15, 0.2) is 5.65 Å². The van der Waals surface area contributed by atoms with Gasteiger partial charge in [0, 0.05) is 33.9 Å². The summed E-state index contributed by atoms with van der Waals surface area (Å²) in [6.07, 6.45) is 1.39. The molecule has 0 aromatic carbocycles. The van der Waals surface area contributed by atoms with Gasteiger partial charge in [-0.1, -0.05) is 0 Å². The molecule has 2 aromatic heterocycles. The zero-order valence-electron chi connectivity index (χ0n) is 7.59. The van der Waals surface area contributed by atoms with Crippen LogP contribution in [0.15, 0.2) is 15.9 Å². The average Bonchev–Trinajstić information content (AvgIpc) is 2.59. The third-order valence-corrected chi connectivity index (χ3v) is 2.03. The number of nitrogens with zero attached hydrogens (tertiary/aromatic N) is 3. The number of hydrogen-bond donors (Lipinski definition) is 1. The number of H-pyrrole nitrogens is 1. The minimum Gasteiger partial charge on any atom is -0.339 e. The fourth-order valence-electron chi connectivity index (χ4n) is 1.27. The van der Waals surface area contributed by atoms with Crippen molar-refractivity contribution in [3.05, 3.63) is 27.2 Å². The van der Waals surface area contributed by atoms with Crippen molar-refractivity contribution in [3.8, 4) is 0 Å². The molecule has 76 valence electrons. The summed E-state index contributed by atoms with van der Waals surface area (Å²) in [6.45, 7) is 0. The molecule has 0 spiro atoms. The molecule has 2 aromatic rings. The summed E-state index contributed by atoms with van der Waals surface area (Å²) in [4.78, 5) is 29.4. The molecule has 0 aliphatic heterocycles. The second kappa shape index (κ2) is 3.50. The van der Waals surface area contributed by atoms with E-state index in [0.717, 1.165) is 4.57 Å². The Bertz CT molecular complexity index is 579. The Morgan fingerprint density at radius 1 is 1.29 bits per heavy atom. The van der Waals surface area contributed by atoms with E-state index in [0.29, 0.717) is 11.2 Å². The molecule has 0 radical (unpaired) electrons. The monoisotopic (exact) mass is 372 g/mol. The van der Waals surface area contributed by atoms with E-state index in [1.807, 2.05) is 0 Å². The Kier molecular flexibility index (Phi) is 2.72. The van der Waals surface area contributed by atoms with Crippen LogP contribution in [0.5, 0.6) is 0 Å². The Balaban J connectivity index is 0.000000980. The summed E-state index contributed by atoms with van der Waals surface area (Å²) >= 11 is 0. The molecule has 0 aliphatic carbocycles. The first-order valence-corrected chi connectivity index (χ1v) is 3.72. The Hall–Kier alpha value is -1.21. The smallest absolute Gasteiger partial charge is 0.332 e. The van der Waals surface area contributed by atoms with Crippen molar-refractivity contribution in [2.75, 3.05) is 0 Å². The second-order valence-electron chi connectivity index (χ2n) is 2.81. The number of aromatic nitrogens is 4. The van der Waals surface area contributed by atoms with Gasteiger partial charge in [0.25, 0.3) is 5.56 Å². The van der Waals surface area contributed by atoms with Gasteiger partial charge in [0.1, 0.15) is 5.52 Å². The van der Waals surface area contributed by atoms with E-state index < -0.39 is 0 Å². The van der Waals surface area contributed by atoms with Crippen LogP contribution in [0.4, 0.5) is 0 Å². The maximum absolute atomic E-state index is 11.4. The molecular formula is C7H8N4O2Os. The van der Waals surface area contributed by atoms with E-state index in [1.54, 1.807) is 7.05 Å². The van der Waals surface area contributed by atoms with Crippen LogP contribution in [0.3, 0.4) is 0 Å². The first-order chi connectivity index (χ1) is 6.13. The van der Waals surface area contributed by atoms with Gasteiger partial charge in [0.05, 0.1) is 6.33 Å². The number of imidazole rings is 1. The third kappa shape index (κ3) is 1.25. The molecule has 0 saturated carbocycles. The Morgan fingerprint density at radius 2 is 1.93 bits per heavy atom. The number of aromatic amines is 1. The molecule has 6 nitrogen and oxygen atoms in total. The second-order valence-corrected chi connectivity index (χ2v) is 2.81. The first kappa shape index (κ1) is 10.9. The molecule has 0 saturated heterocycles. The molecule has 2 rings (SSSR count). The summed E-state index contributed by atoms with van der Waals surface area (Å²) in [5, 5.41) is 0. The summed E-state index contributed by atoms with van der Waals surface area (Å²) in [7, 11) is 3.01. The number of aryl methyl sites for hydroxylation is 1. The molecule has 1 N–H and O–H groups in total. The van der Waals surface area contributed by atoms with Gasteiger partial charge >= 0.3 is 5.69 Å². The van der Waals surface area contributed by atoms with E-state index in [9.17, 15) is 9.59 Å². The van der Waals surface area contributed by atoms with Crippen LogP contribution in [0, 0.1) is 0 Å². The summed E-state index contributed by atoms with van der Waals surface area (Å²) in [5.74, 6) is 0. The number of fused-ring (bicyclic) bond motifs is 1. The summed E-state index contributed by atoms with van der Waals surface area (Å²) < 4.78 is 2.37. The van der Waals surface area contributed by atoms with Crippen LogP contribution in [0.1, 0.15) is 0 Å². The van der Waals surface area contributed by atoms with Crippen molar-refractivity contribution in [2.24, 2.45) is 14.1 Å². The van der Waals surface area contributed by atoms with Crippen molar-refractivity contribution in [3.63, 3.8) is 0 Å². The largest absolute Gasteiger partial charge is 0.339 e. The molecule has 0 bridgehead atoms. The first-order valence-electron chi connectivity index (χ1n) is 3.72. The van der Waals surface area contributed by atoms with Gasteiger partial charge in [0.2, 0.25) is 0 Å². The minimum absolute atomic E-state index is 0. The van der Waals surface area contributed by atoms with E-state index in [4.69, 9.17) is 0 Å². The molecule has 14 heavy (non-hydrogen) atoms. The molecule has 2 heterocycles. The maximum Gasteiger partial charge on any atom is 0.332 e. The van der Waals surface area contributed by atoms with E-state index >= 15 is 0 Å². The van der Waals surface area contributed by atoms with Gasteiger partial charge in [-0.05, 0) is 0 Å². The van der Waals surface area contributed by atoms with Gasteiger partial charge in [-0.2, -0.15) is 0 Å². The third-order valence-electron chi connectivity index (χ3n) is 2.03. The van der Waals surface area contributed by atoms with E-state index in [1.165, 1.54) is 17.9 Å². The molecule has 0 aliphatic rings. The zero-order valence-corrected chi connectivity index (χ0v) is 10.1. The standard InChI is InChI=1S/C7H8N4O2.Os/c1-10-5-4(8-3-9-5)6(12)11(2)7(10)13;/h3H,1-2H3,(H,8,9);. The van der Waals surface area contributed by atoms with E-state index in [2.05, 4.69) is 9.97 Å². The van der Waals surface area contributed by atoms with Crippen molar-refractivity contribution in [2.45, 2.75) is 0 Å². The normalized spacial score (nSPS) is 10.1. The number of nitrogens with one attached hydrogen (secondary N) is 1. The quantitative estimate of drug-likeness (QED) is 0.644. The molecule has 0 fully saturated rings. The molecule has 0 atom stereocenters. The predicted octanol–water partition coefficient (Wildman–Crippen LogP) is -1.04. The van der Waals surface area contributed by atoms with Crippen molar-refractivity contribution in [1.29, 1.82) is 0 Å². The van der Waals surface area contributed by atoms with Crippen LogP contribution in [-0.2, 0) is 33.9 Å². The zero-order chi connectivity index (χ0) is 9.59. The van der Waals surface area contributed by atoms with Gasteiger partial charge in [-0.15, -0.1) is 0 Å². The summed E-state index contributed by atoms with van der Waals surface area (Å²) in [6, 6.07) is 0. The maximum atomic E-state index is 11.4. The predicted molar refractivity (Wildman–Crippen MR) is 46.6 cm³/mol. The van der Waals surface area contributed by atoms with Gasteiger partial charge in [-0.3, -0.25) is 13.9 Å². The Morgan fingerprint density at radius 3 is 2.57 bits per heavy atom. The molecular weight excluding hydrogens is 362 g/mol. The van der Waals surface area contributed by atoms with Crippen LogP contribution in [0.25, 0.3) is 11.2 Å². The average molecular weight is 370 g/mol. The number of rotatable bonds is 0. The minimum atomic E-state index is -0.371. The van der Waals surface area contributed by atoms with Crippen molar-refractivity contribution < 1.29 is 19.8 Å². The van der Waals surface area contributed by atoms with Crippen LogP contribution in [-0.4, -0.2) is 19.1 Å². The van der Waals surface area contributed by atoms with Crippen molar-refractivity contribution >= 4 is 11.2 Å². The molecule has 7 heteroatoms. The van der Waals surface area contributed by atoms with Crippen LogP contribution in [0.2, 0.25) is 0 Å². The fourth-order valence-corrected chi connectivity index (χ4v) is 1.27. The molecule has 0 amide bonds. The number of hydrogen-bond acceptors (Lipinski definition) is 3. The van der Waals surface area contributed by atoms with Crippen LogP contribution < -0.4 is 11.2 Å². The SMILES string of the molecule is Cn1c(=O)c2[nH]cnc2n(C)c1=O.[Os]. The molecule has 0 unspecified atom stereocenters. The summed E-state index contributed by atoms with van der Waals surface area (Å²) in [5.41, 5.74) is 0.0119. The Labute approximate surface area is 91.6 Å². The fraction of sp³-hybridized carbons (Fsp3) is 0.286. The van der Waals surface area contributed by atoms with Crippen molar-refractivity contribution in [1.82, 2.24) is 19.1 Å². The van der Waals surface area contributed by atoms with Crippen LogP contribution >= 0.6 is 0 Å².